The van der Waals surface area contributed by atoms with E-state index in [1.807, 2.05) is 6.92 Å². The van der Waals surface area contributed by atoms with Gasteiger partial charge >= 0.3 is 0 Å². The van der Waals surface area contributed by atoms with Gasteiger partial charge in [0.05, 0.1) is 5.69 Å². The number of hydrogen-bond acceptors (Lipinski definition) is 5. The maximum absolute atomic E-state index is 13.4. The summed E-state index contributed by atoms with van der Waals surface area (Å²) in [6.07, 6.45) is 0. The highest BCUT2D eigenvalue weighted by molar-refractivity contribution is 7.18. The average Bonchev–Trinajstić information content (AvgIpc) is 2.75. The van der Waals surface area contributed by atoms with E-state index in [0.29, 0.717) is 11.7 Å². The number of thiazole rings is 1. The van der Waals surface area contributed by atoms with E-state index in [1.165, 1.54) is 0 Å². The minimum atomic E-state index is -0.727. The molecule has 1 aromatic carbocycles. The number of anilines is 3. The molecule has 0 spiro atoms. The van der Waals surface area contributed by atoms with Crippen LogP contribution in [0.15, 0.2) is 18.2 Å². The van der Waals surface area contributed by atoms with Crippen LogP contribution in [0.5, 0.6) is 0 Å². The molecule has 0 atom stereocenters. The summed E-state index contributed by atoms with van der Waals surface area (Å²) in [5.41, 5.74) is 5.38. The van der Waals surface area contributed by atoms with E-state index in [-0.39, 0.29) is 16.4 Å². The van der Waals surface area contributed by atoms with E-state index >= 15 is 0 Å². The third-order valence-corrected chi connectivity index (χ3v) is 3.39. The molecule has 0 saturated carbocycles. The number of nitrogens with zero attached hydrogens (tertiary/aromatic N) is 1. The number of benzene rings is 1. The van der Waals surface area contributed by atoms with Gasteiger partial charge in [-0.25, -0.2) is 13.8 Å². The molecule has 8 heteroatoms. The zero-order valence-electron chi connectivity index (χ0n) is 10.5. The Kier molecular flexibility index (Phi) is 4.14. The van der Waals surface area contributed by atoms with Crippen LogP contribution in [0.3, 0.4) is 0 Å². The topological polar surface area (TPSA) is 80.0 Å². The van der Waals surface area contributed by atoms with Crippen molar-refractivity contribution < 1.29 is 13.6 Å². The standard InChI is InChI=1S/C12H12F2N4OS/c1-2-16-12-18-10(15)9(20-12)11(19)17-8-5-6(13)3-4-7(8)14/h3-5H,2,15H2,1H3,(H,16,18)(H,17,19). The van der Waals surface area contributed by atoms with Crippen LogP contribution in [0.1, 0.15) is 16.6 Å². The van der Waals surface area contributed by atoms with E-state index in [9.17, 15) is 13.6 Å². The van der Waals surface area contributed by atoms with Crippen molar-refractivity contribution in [1.82, 2.24) is 4.98 Å². The van der Waals surface area contributed by atoms with Crippen molar-refractivity contribution in [3.05, 3.63) is 34.7 Å². The second-order valence-electron chi connectivity index (χ2n) is 3.84. The van der Waals surface area contributed by atoms with Crippen LogP contribution in [0, 0.1) is 11.6 Å². The Morgan fingerprint density at radius 3 is 2.90 bits per heavy atom. The molecule has 106 valence electrons. The van der Waals surface area contributed by atoms with Gasteiger partial charge in [0, 0.05) is 12.6 Å². The first-order chi connectivity index (χ1) is 9.51. The number of rotatable bonds is 4. The number of aromatic nitrogens is 1. The van der Waals surface area contributed by atoms with Crippen LogP contribution >= 0.6 is 11.3 Å². The van der Waals surface area contributed by atoms with Crippen LogP contribution < -0.4 is 16.4 Å². The minimum absolute atomic E-state index is 0.0419. The Hall–Kier alpha value is -2.22. The molecule has 0 radical (unpaired) electrons. The molecule has 0 unspecified atom stereocenters. The average molecular weight is 298 g/mol. The van der Waals surface area contributed by atoms with Gasteiger partial charge in [0.25, 0.3) is 5.91 Å². The fourth-order valence-corrected chi connectivity index (χ4v) is 2.34. The number of carbonyl (C=O) groups excluding carboxylic acids is 1. The van der Waals surface area contributed by atoms with Crippen molar-refractivity contribution in [2.45, 2.75) is 6.92 Å². The highest BCUT2D eigenvalue weighted by Crippen LogP contribution is 2.26. The second-order valence-corrected chi connectivity index (χ2v) is 4.84. The molecule has 0 saturated heterocycles. The minimum Gasteiger partial charge on any atom is -0.382 e. The van der Waals surface area contributed by atoms with E-state index < -0.39 is 17.5 Å². The number of amides is 1. The van der Waals surface area contributed by atoms with Crippen molar-refractivity contribution in [3.63, 3.8) is 0 Å². The molecule has 0 aliphatic rings. The molecule has 20 heavy (non-hydrogen) atoms. The summed E-state index contributed by atoms with van der Waals surface area (Å²) in [4.78, 5) is 16.1. The van der Waals surface area contributed by atoms with Gasteiger partial charge in [-0.1, -0.05) is 11.3 Å². The van der Waals surface area contributed by atoms with Crippen LogP contribution in [0.25, 0.3) is 0 Å². The first kappa shape index (κ1) is 14.2. The summed E-state index contributed by atoms with van der Waals surface area (Å²) in [5, 5.41) is 5.69. The molecule has 5 nitrogen and oxygen atoms in total. The molecule has 2 aromatic rings. The first-order valence-electron chi connectivity index (χ1n) is 5.77. The lowest BCUT2D eigenvalue weighted by atomic mass is 10.3. The predicted molar refractivity (Wildman–Crippen MR) is 75.0 cm³/mol. The lowest BCUT2D eigenvalue weighted by Crippen LogP contribution is -2.13. The summed E-state index contributed by atoms with van der Waals surface area (Å²) >= 11 is 1.05. The molecule has 1 aromatic heterocycles. The van der Waals surface area contributed by atoms with Gasteiger partial charge in [0.15, 0.2) is 5.13 Å². The summed E-state index contributed by atoms with van der Waals surface area (Å²) in [5.74, 6) is -1.96. The summed E-state index contributed by atoms with van der Waals surface area (Å²) < 4.78 is 26.5. The molecule has 1 amide bonds. The van der Waals surface area contributed by atoms with Crippen LogP contribution in [0.2, 0.25) is 0 Å². The second kappa shape index (κ2) is 5.83. The van der Waals surface area contributed by atoms with Gasteiger partial charge in [-0.15, -0.1) is 0 Å². The quantitative estimate of drug-likeness (QED) is 0.810. The number of nitrogens with one attached hydrogen (secondary N) is 2. The lowest BCUT2D eigenvalue weighted by molar-refractivity contribution is 0.103. The number of hydrogen-bond donors (Lipinski definition) is 3. The van der Waals surface area contributed by atoms with Crippen molar-refractivity contribution >= 4 is 33.9 Å². The molecule has 0 bridgehead atoms. The summed E-state index contributed by atoms with van der Waals surface area (Å²) in [6, 6.07) is 2.80. The van der Waals surface area contributed by atoms with Gasteiger partial charge in [-0.05, 0) is 19.1 Å². The maximum atomic E-state index is 13.4. The number of halogens is 2. The Morgan fingerprint density at radius 1 is 1.45 bits per heavy atom. The largest absolute Gasteiger partial charge is 0.382 e. The fourth-order valence-electron chi connectivity index (χ4n) is 1.49. The lowest BCUT2D eigenvalue weighted by Gasteiger charge is -2.05. The summed E-state index contributed by atoms with van der Waals surface area (Å²) in [7, 11) is 0. The van der Waals surface area contributed by atoms with Crippen LogP contribution in [-0.2, 0) is 0 Å². The number of nitrogen functional groups attached to an aromatic ring is 1. The van der Waals surface area contributed by atoms with E-state index in [1.54, 1.807) is 0 Å². The molecule has 0 aliphatic heterocycles. The third kappa shape index (κ3) is 3.02. The number of nitrogens with two attached hydrogens (primary N) is 1. The van der Waals surface area contributed by atoms with Gasteiger partial charge in [0.1, 0.15) is 22.3 Å². The van der Waals surface area contributed by atoms with Crippen LogP contribution in [0.4, 0.5) is 25.4 Å². The van der Waals surface area contributed by atoms with Crippen LogP contribution in [-0.4, -0.2) is 17.4 Å². The van der Waals surface area contributed by atoms with Crippen molar-refractivity contribution in [2.24, 2.45) is 0 Å². The third-order valence-electron chi connectivity index (χ3n) is 2.36. The van der Waals surface area contributed by atoms with Crippen molar-refractivity contribution in [2.75, 3.05) is 22.9 Å². The van der Waals surface area contributed by atoms with Crippen molar-refractivity contribution in [1.29, 1.82) is 0 Å². The van der Waals surface area contributed by atoms with Gasteiger partial charge < -0.3 is 16.4 Å². The molecule has 0 aliphatic carbocycles. The first-order valence-corrected chi connectivity index (χ1v) is 6.59. The molecule has 0 fully saturated rings. The molecule has 1 heterocycles. The fraction of sp³-hybridized carbons (Fsp3) is 0.167. The van der Waals surface area contributed by atoms with E-state index in [2.05, 4.69) is 15.6 Å². The number of carbonyl (C=O) groups is 1. The molecule has 2 rings (SSSR count). The van der Waals surface area contributed by atoms with Gasteiger partial charge in [0.2, 0.25) is 0 Å². The Bertz CT molecular complexity index is 644. The van der Waals surface area contributed by atoms with Gasteiger partial charge in [-0.2, -0.15) is 0 Å². The molecule has 4 N–H and O–H groups in total. The maximum Gasteiger partial charge on any atom is 0.269 e. The monoisotopic (exact) mass is 298 g/mol. The molecular weight excluding hydrogens is 286 g/mol. The zero-order valence-corrected chi connectivity index (χ0v) is 11.4. The van der Waals surface area contributed by atoms with E-state index in [0.717, 1.165) is 29.5 Å². The highest BCUT2D eigenvalue weighted by atomic mass is 32.1. The van der Waals surface area contributed by atoms with Gasteiger partial charge in [-0.3, -0.25) is 4.79 Å². The normalized spacial score (nSPS) is 10.3. The predicted octanol–water partition coefficient (Wildman–Crippen LogP) is 2.69. The highest BCUT2D eigenvalue weighted by Gasteiger charge is 2.17. The zero-order chi connectivity index (χ0) is 14.7. The van der Waals surface area contributed by atoms with Crippen molar-refractivity contribution in [3.8, 4) is 0 Å². The Labute approximate surface area is 117 Å². The Balaban J connectivity index is 2.21. The Morgan fingerprint density at radius 2 is 2.20 bits per heavy atom. The SMILES string of the molecule is CCNc1nc(N)c(C(=O)Nc2cc(F)ccc2F)s1. The van der Waals surface area contributed by atoms with E-state index in [4.69, 9.17) is 5.73 Å². The molecular formula is C12H12F2N4OS. The smallest absolute Gasteiger partial charge is 0.269 e. The summed E-state index contributed by atoms with van der Waals surface area (Å²) in [6.45, 7) is 2.51.